The van der Waals surface area contributed by atoms with Crippen LogP contribution >= 0.6 is 23.2 Å². The van der Waals surface area contributed by atoms with Gasteiger partial charge in [0.1, 0.15) is 11.6 Å². The maximum atomic E-state index is 14.0. The molecule has 108 valence electrons. The first-order valence-corrected chi connectivity index (χ1v) is 7.29. The summed E-state index contributed by atoms with van der Waals surface area (Å²) < 4.78 is 19.4. The molecule has 0 amide bonds. The molecule has 0 bridgehead atoms. The molecule has 1 aromatic heterocycles. The Morgan fingerprint density at radius 3 is 2.70 bits per heavy atom. The zero-order valence-electron chi connectivity index (χ0n) is 11.1. The van der Waals surface area contributed by atoms with Crippen LogP contribution in [0.15, 0.2) is 34.7 Å². The van der Waals surface area contributed by atoms with Gasteiger partial charge in [-0.2, -0.15) is 0 Å². The molecule has 0 saturated heterocycles. The van der Waals surface area contributed by atoms with Crippen LogP contribution in [0.5, 0.6) is 0 Å². The molecule has 0 aliphatic carbocycles. The first-order chi connectivity index (χ1) is 9.61. The van der Waals surface area contributed by atoms with E-state index in [0.29, 0.717) is 23.0 Å². The average molecular weight is 316 g/mol. The highest BCUT2D eigenvalue weighted by molar-refractivity contribution is 6.30. The van der Waals surface area contributed by atoms with Crippen LogP contribution in [-0.4, -0.2) is 6.54 Å². The summed E-state index contributed by atoms with van der Waals surface area (Å²) in [7, 11) is 0. The van der Waals surface area contributed by atoms with Gasteiger partial charge < -0.3 is 9.73 Å². The molecule has 2 nitrogen and oxygen atoms in total. The Kier molecular flexibility index (Phi) is 5.46. The van der Waals surface area contributed by atoms with Gasteiger partial charge in [0, 0.05) is 0 Å². The molecule has 1 aromatic carbocycles. The summed E-state index contributed by atoms with van der Waals surface area (Å²) in [5.41, 5.74) is 0.554. The third-order valence-corrected chi connectivity index (χ3v) is 3.53. The van der Waals surface area contributed by atoms with E-state index in [0.717, 1.165) is 13.0 Å². The highest BCUT2D eigenvalue weighted by atomic mass is 35.5. The van der Waals surface area contributed by atoms with Crippen LogP contribution < -0.4 is 5.32 Å². The van der Waals surface area contributed by atoms with Crippen LogP contribution in [0.4, 0.5) is 4.39 Å². The van der Waals surface area contributed by atoms with Gasteiger partial charge in [-0.1, -0.05) is 30.7 Å². The van der Waals surface area contributed by atoms with Crippen molar-refractivity contribution in [1.29, 1.82) is 0 Å². The van der Waals surface area contributed by atoms with Crippen LogP contribution in [0.2, 0.25) is 10.2 Å². The Morgan fingerprint density at radius 1 is 1.25 bits per heavy atom. The summed E-state index contributed by atoms with van der Waals surface area (Å²) in [5, 5.41) is 3.79. The predicted molar refractivity (Wildman–Crippen MR) is 79.9 cm³/mol. The molecule has 2 aromatic rings. The Bertz CT molecular complexity index is 571. The molecular weight excluding hydrogens is 300 g/mol. The Hall–Kier alpha value is -1.03. The zero-order valence-corrected chi connectivity index (χ0v) is 12.6. The van der Waals surface area contributed by atoms with Crippen molar-refractivity contribution < 1.29 is 8.81 Å². The monoisotopic (exact) mass is 315 g/mol. The number of hydrogen-bond donors (Lipinski definition) is 1. The zero-order chi connectivity index (χ0) is 14.5. The summed E-state index contributed by atoms with van der Waals surface area (Å²) in [6, 6.07) is 8.37. The fourth-order valence-corrected chi connectivity index (χ4v) is 2.38. The van der Waals surface area contributed by atoms with Crippen LogP contribution in [0, 0.1) is 5.82 Å². The van der Waals surface area contributed by atoms with Crippen molar-refractivity contribution in [3.8, 4) is 0 Å². The predicted octanol–water partition coefficient (Wildman–Crippen LogP) is 5.01. The second kappa shape index (κ2) is 7.11. The van der Waals surface area contributed by atoms with Crippen LogP contribution in [-0.2, 0) is 6.42 Å². The van der Waals surface area contributed by atoms with E-state index in [1.165, 1.54) is 0 Å². The van der Waals surface area contributed by atoms with E-state index in [-0.39, 0.29) is 16.9 Å². The molecule has 2 rings (SSSR count). The largest absolute Gasteiger partial charge is 0.448 e. The molecule has 0 aliphatic rings. The van der Waals surface area contributed by atoms with E-state index in [9.17, 15) is 4.39 Å². The average Bonchev–Trinajstić information content (AvgIpc) is 2.86. The van der Waals surface area contributed by atoms with Crippen LogP contribution in [0.1, 0.15) is 30.7 Å². The molecule has 1 N–H and O–H groups in total. The third-order valence-electron chi connectivity index (χ3n) is 3.03. The van der Waals surface area contributed by atoms with Crippen molar-refractivity contribution in [2.24, 2.45) is 0 Å². The number of furan rings is 1. The SMILES string of the molecule is CCCNC(Cc1cccc(Cl)c1F)c1ccc(Cl)o1. The summed E-state index contributed by atoms with van der Waals surface area (Å²) in [4.78, 5) is 0. The van der Waals surface area contributed by atoms with Gasteiger partial charge in [0.15, 0.2) is 5.22 Å². The van der Waals surface area contributed by atoms with E-state index in [1.807, 2.05) is 0 Å². The first kappa shape index (κ1) is 15.4. The fourth-order valence-electron chi connectivity index (χ4n) is 2.03. The van der Waals surface area contributed by atoms with Gasteiger partial charge in [-0.3, -0.25) is 0 Å². The van der Waals surface area contributed by atoms with Gasteiger partial charge >= 0.3 is 0 Å². The Morgan fingerprint density at radius 2 is 2.05 bits per heavy atom. The molecular formula is C15H16Cl2FNO. The first-order valence-electron chi connectivity index (χ1n) is 6.53. The lowest BCUT2D eigenvalue weighted by Crippen LogP contribution is -2.24. The van der Waals surface area contributed by atoms with Gasteiger partial charge in [0.05, 0.1) is 11.1 Å². The molecule has 0 radical (unpaired) electrons. The van der Waals surface area contributed by atoms with Crippen molar-refractivity contribution >= 4 is 23.2 Å². The standard InChI is InChI=1S/C15H16Cl2FNO/c1-2-8-19-12(13-6-7-14(17)20-13)9-10-4-3-5-11(16)15(10)18/h3-7,12,19H,2,8-9H2,1H3. The highest BCUT2D eigenvalue weighted by Crippen LogP contribution is 2.26. The maximum absolute atomic E-state index is 14.0. The minimum absolute atomic E-state index is 0.129. The third kappa shape index (κ3) is 3.75. The van der Waals surface area contributed by atoms with Crippen LogP contribution in [0.25, 0.3) is 0 Å². The minimum Gasteiger partial charge on any atom is -0.448 e. The quantitative estimate of drug-likeness (QED) is 0.810. The van der Waals surface area contributed by atoms with Crippen molar-refractivity contribution in [3.63, 3.8) is 0 Å². The summed E-state index contributed by atoms with van der Waals surface area (Å²) in [6.07, 6.45) is 1.43. The Balaban J connectivity index is 2.21. The van der Waals surface area contributed by atoms with E-state index in [4.69, 9.17) is 27.6 Å². The molecule has 1 heterocycles. The van der Waals surface area contributed by atoms with Gasteiger partial charge in [-0.15, -0.1) is 0 Å². The molecule has 0 spiro atoms. The van der Waals surface area contributed by atoms with Gasteiger partial charge in [0.2, 0.25) is 0 Å². The summed E-state index contributed by atoms with van der Waals surface area (Å²) in [5.74, 6) is 0.318. The van der Waals surface area contributed by atoms with Crippen molar-refractivity contribution in [1.82, 2.24) is 5.32 Å². The van der Waals surface area contributed by atoms with Gasteiger partial charge in [-0.05, 0) is 54.7 Å². The van der Waals surface area contributed by atoms with Crippen molar-refractivity contribution in [2.75, 3.05) is 6.54 Å². The number of hydrogen-bond acceptors (Lipinski definition) is 2. The molecule has 0 saturated carbocycles. The summed E-state index contributed by atoms with van der Waals surface area (Å²) >= 11 is 11.6. The number of halogens is 3. The second-order valence-corrected chi connectivity index (χ2v) is 5.35. The van der Waals surface area contributed by atoms with Gasteiger partial charge in [-0.25, -0.2) is 4.39 Å². The van der Waals surface area contributed by atoms with Crippen LogP contribution in [0.3, 0.4) is 0 Å². The molecule has 1 unspecified atom stereocenters. The number of benzene rings is 1. The van der Waals surface area contributed by atoms with E-state index in [2.05, 4.69) is 12.2 Å². The molecule has 20 heavy (non-hydrogen) atoms. The number of nitrogens with one attached hydrogen (secondary N) is 1. The Labute approximate surface area is 127 Å². The smallest absolute Gasteiger partial charge is 0.193 e. The maximum Gasteiger partial charge on any atom is 0.193 e. The molecule has 0 fully saturated rings. The van der Waals surface area contributed by atoms with E-state index >= 15 is 0 Å². The lowest BCUT2D eigenvalue weighted by molar-refractivity contribution is 0.407. The molecule has 1 atom stereocenters. The lowest BCUT2D eigenvalue weighted by Gasteiger charge is -2.17. The highest BCUT2D eigenvalue weighted by Gasteiger charge is 2.18. The number of rotatable bonds is 6. The van der Waals surface area contributed by atoms with Crippen molar-refractivity contribution in [2.45, 2.75) is 25.8 Å². The molecule has 5 heteroatoms. The minimum atomic E-state index is -0.380. The molecule has 0 aliphatic heterocycles. The van der Waals surface area contributed by atoms with Gasteiger partial charge in [0.25, 0.3) is 0 Å². The normalized spacial score (nSPS) is 12.6. The lowest BCUT2D eigenvalue weighted by atomic mass is 10.0. The van der Waals surface area contributed by atoms with Crippen molar-refractivity contribution in [3.05, 3.63) is 57.7 Å². The van der Waals surface area contributed by atoms with E-state index < -0.39 is 0 Å². The fraction of sp³-hybridized carbons (Fsp3) is 0.333. The topological polar surface area (TPSA) is 25.2 Å². The second-order valence-electron chi connectivity index (χ2n) is 4.57. The summed E-state index contributed by atoms with van der Waals surface area (Å²) in [6.45, 7) is 2.88. The van der Waals surface area contributed by atoms with E-state index in [1.54, 1.807) is 30.3 Å².